The maximum Gasteiger partial charge on any atom is 0.268 e. The molecule has 4 rings (SSSR count). The van der Waals surface area contributed by atoms with Gasteiger partial charge in [-0.25, -0.2) is 4.98 Å². The van der Waals surface area contributed by atoms with Gasteiger partial charge in [0.2, 0.25) is 0 Å². The van der Waals surface area contributed by atoms with Gasteiger partial charge in [-0.3, -0.25) is 4.79 Å². The second kappa shape index (κ2) is 6.29. The van der Waals surface area contributed by atoms with E-state index in [0.29, 0.717) is 6.54 Å². The van der Waals surface area contributed by atoms with E-state index < -0.39 is 0 Å². The summed E-state index contributed by atoms with van der Waals surface area (Å²) in [4.78, 5) is 19.9. The lowest BCUT2D eigenvalue weighted by Gasteiger charge is -2.22. The fourth-order valence-corrected chi connectivity index (χ4v) is 3.36. The van der Waals surface area contributed by atoms with Gasteiger partial charge in [0.1, 0.15) is 5.65 Å². The van der Waals surface area contributed by atoms with E-state index in [1.807, 2.05) is 82.8 Å². The van der Waals surface area contributed by atoms with Crippen LogP contribution in [0.1, 0.15) is 15.4 Å². The Morgan fingerprint density at radius 2 is 1.88 bits per heavy atom. The lowest BCUT2D eigenvalue weighted by Crippen LogP contribution is -2.30. The number of carbonyl (C=O) groups excluding carboxylic acids is 1. The van der Waals surface area contributed by atoms with Crippen LogP contribution in [-0.2, 0) is 6.54 Å². The van der Waals surface area contributed by atoms with Gasteiger partial charge < -0.3 is 9.30 Å². The maximum absolute atomic E-state index is 13.0. The number of nitrogens with zero attached hydrogens (tertiary/aromatic N) is 3. The van der Waals surface area contributed by atoms with Gasteiger partial charge in [-0.05, 0) is 35.7 Å². The summed E-state index contributed by atoms with van der Waals surface area (Å²) in [5.41, 5.74) is 2.73. The zero-order valence-electron chi connectivity index (χ0n) is 12.9. The first-order valence-corrected chi connectivity index (χ1v) is 8.52. The van der Waals surface area contributed by atoms with Crippen LogP contribution in [0.4, 0.5) is 5.69 Å². The van der Waals surface area contributed by atoms with Gasteiger partial charge in [0.05, 0.1) is 23.3 Å². The lowest BCUT2D eigenvalue weighted by atomic mass is 10.2. The largest absolute Gasteiger partial charge is 0.302 e. The molecule has 3 aromatic heterocycles. The molecule has 118 valence electrons. The van der Waals surface area contributed by atoms with E-state index in [0.717, 1.165) is 21.9 Å². The number of hydrogen-bond acceptors (Lipinski definition) is 3. The molecule has 0 aliphatic heterocycles. The second-order valence-corrected chi connectivity index (χ2v) is 6.33. The molecule has 1 aromatic carbocycles. The Balaban J connectivity index is 1.74. The Bertz CT molecular complexity index is 961. The van der Waals surface area contributed by atoms with Crippen LogP contribution in [-0.4, -0.2) is 15.3 Å². The summed E-state index contributed by atoms with van der Waals surface area (Å²) < 4.78 is 2.01. The average Bonchev–Trinajstić information content (AvgIpc) is 3.30. The van der Waals surface area contributed by atoms with Crippen LogP contribution in [0, 0.1) is 0 Å². The third kappa shape index (κ3) is 2.70. The minimum atomic E-state index is 0.00193. The number of carbonyl (C=O) groups is 1. The minimum absolute atomic E-state index is 0.00193. The summed E-state index contributed by atoms with van der Waals surface area (Å²) in [7, 11) is 0. The summed E-state index contributed by atoms with van der Waals surface area (Å²) in [5.74, 6) is 0.00193. The number of imidazole rings is 1. The quantitative estimate of drug-likeness (QED) is 0.560. The Morgan fingerprint density at radius 1 is 1.04 bits per heavy atom. The van der Waals surface area contributed by atoms with Gasteiger partial charge in [0, 0.05) is 11.9 Å². The minimum Gasteiger partial charge on any atom is -0.302 e. The number of para-hydroxylation sites is 1. The fraction of sp³-hybridized carbons (Fsp3) is 0.0526. The predicted octanol–water partition coefficient (Wildman–Crippen LogP) is 4.24. The van der Waals surface area contributed by atoms with Crippen molar-refractivity contribution in [3.8, 4) is 0 Å². The van der Waals surface area contributed by atoms with Crippen LogP contribution >= 0.6 is 11.3 Å². The van der Waals surface area contributed by atoms with Crippen LogP contribution in [0.25, 0.3) is 5.65 Å². The van der Waals surface area contributed by atoms with E-state index in [1.165, 1.54) is 11.3 Å². The van der Waals surface area contributed by atoms with Crippen molar-refractivity contribution in [1.29, 1.82) is 0 Å². The van der Waals surface area contributed by atoms with Gasteiger partial charge in [0.25, 0.3) is 5.91 Å². The third-order valence-electron chi connectivity index (χ3n) is 3.86. The van der Waals surface area contributed by atoms with Crippen LogP contribution < -0.4 is 4.90 Å². The van der Waals surface area contributed by atoms with Crippen LogP contribution in [0.15, 0.2) is 78.4 Å². The SMILES string of the molecule is O=C(c1cccs1)N(Cc1cnc2ccccn12)c1ccccc1. The zero-order valence-corrected chi connectivity index (χ0v) is 13.7. The van der Waals surface area contributed by atoms with Crippen molar-refractivity contribution in [1.82, 2.24) is 9.38 Å². The van der Waals surface area contributed by atoms with Crippen molar-refractivity contribution in [2.45, 2.75) is 6.54 Å². The summed E-state index contributed by atoms with van der Waals surface area (Å²) >= 11 is 1.46. The Labute approximate surface area is 143 Å². The molecule has 1 amide bonds. The second-order valence-electron chi connectivity index (χ2n) is 5.38. The predicted molar refractivity (Wildman–Crippen MR) is 96.5 cm³/mol. The molecule has 4 nitrogen and oxygen atoms in total. The Kier molecular flexibility index (Phi) is 3.84. The zero-order chi connectivity index (χ0) is 16.4. The molecule has 0 saturated carbocycles. The molecule has 0 atom stereocenters. The van der Waals surface area contributed by atoms with E-state index >= 15 is 0 Å². The molecular formula is C19H15N3OS. The van der Waals surface area contributed by atoms with E-state index in [-0.39, 0.29) is 5.91 Å². The molecular weight excluding hydrogens is 318 g/mol. The van der Waals surface area contributed by atoms with E-state index in [9.17, 15) is 4.79 Å². The number of benzene rings is 1. The first kappa shape index (κ1) is 14.7. The molecule has 4 aromatic rings. The van der Waals surface area contributed by atoms with Gasteiger partial charge >= 0.3 is 0 Å². The number of aromatic nitrogens is 2. The smallest absolute Gasteiger partial charge is 0.268 e. The van der Waals surface area contributed by atoms with Gasteiger partial charge in [-0.1, -0.05) is 30.3 Å². The lowest BCUT2D eigenvalue weighted by molar-refractivity contribution is 0.0988. The summed E-state index contributed by atoms with van der Waals surface area (Å²) in [5, 5.41) is 1.92. The molecule has 0 radical (unpaired) electrons. The molecule has 0 fully saturated rings. The fourth-order valence-electron chi connectivity index (χ4n) is 2.69. The molecule has 0 unspecified atom stereocenters. The first-order valence-electron chi connectivity index (χ1n) is 7.64. The van der Waals surface area contributed by atoms with Crippen LogP contribution in [0.3, 0.4) is 0 Å². The van der Waals surface area contributed by atoms with Crippen LogP contribution in [0.2, 0.25) is 0 Å². The van der Waals surface area contributed by atoms with Gasteiger partial charge in [0.15, 0.2) is 0 Å². The number of rotatable bonds is 4. The van der Waals surface area contributed by atoms with Crippen molar-refractivity contribution in [2.24, 2.45) is 0 Å². The monoisotopic (exact) mass is 333 g/mol. The molecule has 3 heterocycles. The molecule has 0 bridgehead atoms. The van der Waals surface area contributed by atoms with Crippen LogP contribution in [0.5, 0.6) is 0 Å². The van der Waals surface area contributed by atoms with Crippen molar-refractivity contribution >= 4 is 28.6 Å². The molecule has 0 spiro atoms. The Morgan fingerprint density at radius 3 is 2.67 bits per heavy atom. The highest BCUT2D eigenvalue weighted by atomic mass is 32.1. The topological polar surface area (TPSA) is 37.6 Å². The van der Waals surface area contributed by atoms with Gasteiger partial charge in [-0.15, -0.1) is 11.3 Å². The van der Waals surface area contributed by atoms with Gasteiger partial charge in [-0.2, -0.15) is 0 Å². The number of amides is 1. The molecule has 24 heavy (non-hydrogen) atoms. The molecule has 5 heteroatoms. The molecule has 0 saturated heterocycles. The molecule has 0 N–H and O–H groups in total. The number of pyridine rings is 1. The van der Waals surface area contributed by atoms with E-state index in [2.05, 4.69) is 4.98 Å². The highest BCUT2D eigenvalue weighted by Crippen LogP contribution is 2.22. The number of fused-ring (bicyclic) bond motifs is 1. The average molecular weight is 333 g/mol. The third-order valence-corrected chi connectivity index (χ3v) is 4.72. The van der Waals surface area contributed by atoms with Crippen molar-refractivity contribution in [3.63, 3.8) is 0 Å². The summed E-state index contributed by atoms with van der Waals surface area (Å²) in [6, 6.07) is 19.4. The summed E-state index contributed by atoms with van der Waals surface area (Å²) in [6.07, 6.45) is 3.80. The van der Waals surface area contributed by atoms with E-state index in [1.54, 1.807) is 4.90 Å². The highest BCUT2D eigenvalue weighted by Gasteiger charge is 2.20. The Hall–Kier alpha value is -2.92. The normalized spacial score (nSPS) is 10.8. The first-order chi connectivity index (χ1) is 11.8. The molecule has 0 aliphatic carbocycles. The van der Waals surface area contributed by atoms with Crippen molar-refractivity contribution in [2.75, 3.05) is 4.90 Å². The van der Waals surface area contributed by atoms with Crippen molar-refractivity contribution < 1.29 is 4.79 Å². The van der Waals surface area contributed by atoms with E-state index in [4.69, 9.17) is 0 Å². The number of thiophene rings is 1. The number of hydrogen-bond donors (Lipinski definition) is 0. The molecule has 0 aliphatic rings. The highest BCUT2D eigenvalue weighted by molar-refractivity contribution is 7.12. The standard InChI is InChI=1S/C19H15N3OS/c23-19(17-9-6-12-24-17)22(15-7-2-1-3-8-15)14-16-13-20-18-10-4-5-11-21(16)18/h1-13H,14H2. The number of anilines is 1. The van der Waals surface area contributed by atoms with Crippen molar-refractivity contribution in [3.05, 3.63) is 89.0 Å². The summed E-state index contributed by atoms with van der Waals surface area (Å²) in [6.45, 7) is 0.464. The maximum atomic E-state index is 13.0.